The third-order valence-electron chi connectivity index (χ3n) is 5.30. The van der Waals surface area contributed by atoms with Gasteiger partial charge in [0.05, 0.1) is 0 Å². The summed E-state index contributed by atoms with van der Waals surface area (Å²) in [5.74, 6) is 0.0530. The largest absolute Gasteiger partial charge is 0.323 e. The Morgan fingerprint density at radius 2 is 1.96 bits per heavy atom. The molecule has 2 aromatic rings. The van der Waals surface area contributed by atoms with E-state index in [2.05, 4.69) is 25.9 Å². The second-order valence-corrected chi connectivity index (χ2v) is 7.24. The van der Waals surface area contributed by atoms with Gasteiger partial charge in [0, 0.05) is 16.6 Å². The second kappa shape index (κ2) is 7.03. The first-order valence-electron chi connectivity index (χ1n) is 8.76. The number of halogens is 1. The van der Waals surface area contributed by atoms with Crippen molar-refractivity contribution in [2.45, 2.75) is 44.2 Å². The number of hydrogen-bond acceptors (Lipinski definition) is 5. The van der Waals surface area contributed by atoms with Crippen LogP contribution in [0.15, 0.2) is 24.3 Å². The number of likely N-dealkylation sites (tertiary alicyclic amines) is 1. The summed E-state index contributed by atoms with van der Waals surface area (Å²) in [4.78, 5) is 27.7. The van der Waals surface area contributed by atoms with Gasteiger partial charge < -0.3 is 4.90 Å². The molecule has 0 spiro atoms. The zero-order chi connectivity index (χ0) is 18.1. The van der Waals surface area contributed by atoms with Gasteiger partial charge in [-0.15, -0.1) is 5.10 Å². The number of nitrogens with one attached hydrogen (secondary N) is 2. The van der Waals surface area contributed by atoms with Crippen LogP contribution in [-0.2, 0) is 4.79 Å². The van der Waals surface area contributed by atoms with E-state index in [-0.39, 0.29) is 23.8 Å². The van der Waals surface area contributed by atoms with Crippen LogP contribution in [0, 0.1) is 5.92 Å². The van der Waals surface area contributed by atoms with Gasteiger partial charge in [0.2, 0.25) is 5.91 Å². The van der Waals surface area contributed by atoms with Crippen molar-refractivity contribution in [1.29, 1.82) is 0 Å². The summed E-state index contributed by atoms with van der Waals surface area (Å²) in [6.07, 6.45) is 4.85. The first kappa shape index (κ1) is 17.0. The minimum absolute atomic E-state index is 0.0907. The number of fused-ring (bicyclic) bond motifs is 1. The Labute approximate surface area is 155 Å². The predicted molar refractivity (Wildman–Crippen MR) is 94.6 cm³/mol. The highest BCUT2D eigenvalue weighted by Crippen LogP contribution is 2.40. The van der Waals surface area contributed by atoms with Gasteiger partial charge in [-0.25, -0.2) is 0 Å². The Hall–Kier alpha value is -2.48. The molecule has 3 unspecified atom stereocenters. The van der Waals surface area contributed by atoms with E-state index in [0.29, 0.717) is 22.9 Å². The molecule has 1 saturated carbocycles. The maximum Gasteiger partial charge on any atom is 0.269 e. The van der Waals surface area contributed by atoms with E-state index in [0.717, 1.165) is 25.7 Å². The summed E-state index contributed by atoms with van der Waals surface area (Å²) in [6.45, 7) is 0. The van der Waals surface area contributed by atoms with Crippen LogP contribution >= 0.6 is 11.6 Å². The molecule has 0 radical (unpaired) electrons. The monoisotopic (exact) mass is 374 g/mol. The quantitative estimate of drug-likeness (QED) is 0.857. The molecular formula is C17H19ClN6O2. The van der Waals surface area contributed by atoms with E-state index < -0.39 is 6.04 Å². The van der Waals surface area contributed by atoms with Crippen molar-refractivity contribution >= 4 is 29.4 Å². The molecule has 3 atom stereocenters. The van der Waals surface area contributed by atoms with Crippen molar-refractivity contribution in [1.82, 2.24) is 25.5 Å². The number of H-pyrrole nitrogens is 1. The standard InChI is InChI=1S/C17H19ClN6O2/c18-12-7-5-10(6-8-12)16(26)24-13-4-2-1-3-11(13)9-14(24)15(25)19-17-20-22-23-21-17/h5-8,11,13-14H,1-4,9H2,(H2,19,20,21,22,23,25). The lowest BCUT2D eigenvalue weighted by molar-refractivity contribution is -0.120. The van der Waals surface area contributed by atoms with E-state index >= 15 is 0 Å². The second-order valence-electron chi connectivity index (χ2n) is 6.81. The number of aromatic amines is 1. The zero-order valence-electron chi connectivity index (χ0n) is 14.1. The summed E-state index contributed by atoms with van der Waals surface area (Å²) < 4.78 is 0. The maximum atomic E-state index is 13.2. The normalized spacial score (nSPS) is 25.0. The molecule has 4 rings (SSSR count). The number of amides is 2. The number of tetrazole rings is 1. The van der Waals surface area contributed by atoms with E-state index in [4.69, 9.17) is 11.6 Å². The molecule has 2 aliphatic rings. The van der Waals surface area contributed by atoms with Gasteiger partial charge in [-0.05, 0) is 54.7 Å². The van der Waals surface area contributed by atoms with Crippen molar-refractivity contribution in [3.8, 4) is 0 Å². The SMILES string of the molecule is O=C(Nc1nn[nH]n1)C1CC2CCCCC2N1C(=O)c1ccc(Cl)cc1. The van der Waals surface area contributed by atoms with Gasteiger partial charge >= 0.3 is 0 Å². The zero-order valence-corrected chi connectivity index (χ0v) is 14.8. The van der Waals surface area contributed by atoms with Crippen LogP contribution in [-0.4, -0.2) is 49.4 Å². The Morgan fingerprint density at radius 1 is 1.19 bits per heavy atom. The highest BCUT2D eigenvalue weighted by Gasteiger charge is 2.47. The molecule has 26 heavy (non-hydrogen) atoms. The molecule has 1 aromatic carbocycles. The van der Waals surface area contributed by atoms with Gasteiger partial charge in [-0.2, -0.15) is 5.21 Å². The van der Waals surface area contributed by atoms with Crippen molar-refractivity contribution in [3.05, 3.63) is 34.9 Å². The smallest absolute Gasteiger partial charge is 0.269 e. The summed E-state index contributed by atoms with van der Waals surface area (Å²) in [7, 11) is 0. The molecule has 0 bridgehead atoms. The first-order chi connectivity index (χ1) is 12.6. The number of hydrogen-bond donors (Lipinski definition) is 2. The number of carbonyl (C=O) groups is 2. The lowest BCUT2D eigenvalue weighted by Crippen LogP contribution is -2.48. The maximum absolute atomic E-state index is 13.2. The predicted octanol–water partition coefficient (Wildman–Crippen LogP) is 2.27. The Balaban J connectivity index is 1.61. The minimum Gasteiger partial charge on any atom is -0.323 e. The molecule has 136 valence electrons. The molecule has 2 fully saturated rings. The molecule has 2 amide bonds. The van der Waals surface area contributed by atoms with Gasteiger partial charge in [-0.3, -0.25) is 14.9 Å². The number of nitrogens with zero attached hydrogens (tertiary/aromatic N) is 4. The molecule has 1 aromatic heterocycles. The Kier molecular flexibility index (Phi) is 4.58. The summed E-state index contributed by atoms with van der Waals surface area (Å²) >= 11 is 5.93. The molecule has 1 aliphatic carbocycles. The van der Waals surface area contributed by atoms with Crippen LogP contribution in [0.5, 0.6) is 0 Å². The lowest BCUT2D eigenvalue weighted by atomic mass is 9.84. The molecule has 9 heteroatoms. The molecule has 2 N–H and O–H groups in total. The average molecular weight is 375 g/mol. The van der Waals surface area contributed by atoms with Crippen LogP contribution in [0.25, 0.3) is 0 Å². The Bertz CT molecular complexity index is 794. The number of benzene rings is 1. The van der Waals surface area contributed by atoms with Gasteiger partial charge in [0.1, 0.15) is 6.04 Å². The fourth-order valence-corrected chi connectivity index (χ4v) is 4.26. The van der Waals surface area contributed by atoms with E-state index in [1.807, 2.05) is 0 Å². The average Bonchev–Trinajstić information content (AvgIpc) is 3.29. The van der Waals surface area contributed by atoms with Crippen LogP contribution in [0.3, 0.4) is 0 Å². The third kappa shape index (κ3) is 3.16. The van der Waals surface area contributed by atoms with E-state index in [1.54, 1.807) is 29.2 Å². The van der Waals surface area contributed by atoms with Crippen LogP contribution < -0.4 is 5.32 Å². The van der Waals surface area contributed by atoms with Gasteiger partial charge in [0.25, 0.3) is 11.9 Å². The van der Waals surface area contributed by atoms with Crippen LogP contribution in [0.1, 0.15) is 42.5 Å². The van der Waals surface area contributed by atoms with Crippen molar-refractivity contribution in [3.63, 3.8) is 0 Å². The third-order valence-corrected chi connectivity index (χ3v) is 5.55. The summed E-state index contributed by atoms with van der Waals surface area (Å²) in [5, 5.41) is 16.5. The topological polar surface area (TPSA) is 104 Å². The van der Waals surface area contributed by atoms with Crippen molar-refractivity contribution in [2.75, 3.05) is 5.32 Å². The summed E-state index contributed by atoms with van der Waals surface area (Å²) in [5.41, 5.74) is 0.540. The highest BCUT2D eigenvalue weighted by atomic mass is 35.5. The van der Waals surface area contributed by atoms with Crippen LogP contribution in [0.2, 0.25) is 5.02 Å². The Morgan fingerprint density at radius 3 is 2.69 bits per heavy atom. The molecule has 2 heterocycles. The molecular weight excluding hydrogens is 356 g/mol. The lowest BCUT2D eigenvalue weighted by Gasteiger charge is -2.33. The fraction of sp³-hybridized carbons (Fsp3) is 0.471. The number of anilines is 1. The molecule has 8 nitrogen and oxygen atoms in total. The summed E-state index contributed by atoms with van der Waals surface area (Å²) in [6, 6.07) is 6.34. The fourth-order valence-electron chi connectivity index (χ4n) is 4.14. The number of rotatable bonds is 3. The highest BCUT2D eigenvalue weighted by molar-refractivity contribution is 6.30. The van der Waals surface area contributed by atoms with Gasteiger partial charge in [0.15, 0.2) is 0 Å². The van der Waals surface area contributed by atoms with Crippen molar-refractivity contribution in [2.24, 2.45) is 5.92 Å². The number of aromatic nitrogens is 4. The minimum atomic E-state index is -0.537. The molecule has 1 saturated heterocycles. The van der Waals surface area contributed by atoms with Crippen LogP contribution in [0.4, 0.5) is 5.95 Å². The number of carbonyl (C=O) groups excluding carboxylic acids is 2. The first-order valence-corrected chi connectivity index (χ1v) is 9.14. The molecule has 1 aliphatic heterocycles. The van der Waals surface area contributed by atoms with Gasteiger partial charge in [-0.1, -0.05) is 29.5 Å². The van der Waals surface area contributed by atoms with Crippen molar-refractivity contribution < 1.29 is 9.59 Å². The van der Waals surface area contributed by atoms with E-state index in [1.165, 1.54) is 0 Å². The van der Waals surface area contributed by atoms with E-state index in [9.17, 15) is 9.59 Å².